The van der Waals surface area contributed by atoms with Crippen molar-refractivity contribution in [1.82, 2.24) is 19.7 Å². The molecule has 0 N–H and O–H groups in total. The van der Waals surface area contributed by atoms with Crippen LogP contribution in [-0.2, 0) is 11.3 Å². The second kappa shape index (κ2) is 8.91. The van der Waals surface area contributed by atoms with Crippen molar-refractivity contribution in [1.29, 1.82) is 0 Å². The van der Waals surface area contributed by atoms with Gasteiger partial charge in [0.2, 0.25) is 5.91 Å². The molecule has 146 valence electrons. The molecule has 0 spiro atoms. The van der Waals surface area contributed by atoms with E-state index in [1.165, 1.54) is 18.2 Å². The van der Waals surface area contributed by atoms with Crippen LogP contribution in [0.2, 0.25) is 0 Å². The second-order valence-corrected chi connectivity index (χ2v) is 8.84. The summed E-state index contributed by atoms with van der Waals surface area (Å²) >= 11 is 1.51. The fourth-order valence-corrected chi connectivity index (χ4v) is 4.66. The number of carbonyl (C=O) groups is 1. The molecular weight excluding hydrogens is 356 g/mol. The molecule has 0 saturated carbocycles. The van der Waals surface area contributed by atoms with Crippen LogP contribution in [0.5, 0.6) is 0 Å². The SMILES string of the molecule is CC(C)Cn1c(SCC(=O)N2[C@H](C)CCC[C@@H]2C)nnc1-c1ccccc1. The van der Waals surface area contributed by atoms with Gasteiger partial charge in [0.25, 0.3) is 0 Å². The van der Waals surface area contributed by atoms with Gasteiger partial charge in [-0.05, 0) is 39.0 Å². The summed E-state index contributed by atoms with van der Waals surface area (Å²) < 4.78 is 2.15. The smallest absolute Gasteiger partial charge is 0.233 e. The van der Waals surface area contributed by atoms with Crippen molar-refractivity contribution in [2.45, 2.75) is 70.7 Å². The minimum absolute atomic E-state index is 0.208. The van der Waals surface area contributed by atoms with E-state index in [2.05, 4.69) is 59.5 Å². The number of likely N-dealkylation sites (tertiary alicyclic amines) is 1. The van der Waals surface area contributed by atoms with Gasteiger partial charge < -0.3 is 9.47 Å². The predicted octanol–water partition coefficient (Wildman–Crippen LogP) is 4.48. The zero-order valence-corrected chi connectivity index (χ0v) is 17.6. The van der Waals surface area contributed by atoms with Crippen LogP contribution in [0.25, 0.3) is 11.4 Å². The Morgan fingerprint density at radius 3 is 2.44 bits per heavy atom. The number of carbonyl (C=O) groups excluding carboxylic acids is 1. The number of hydrogen-bond acceptors (Lipinski definition) is 4. The first-order chi connectivity index (χ1) is 13.0. The van der Waals surface area contributed by atoms with Crippen LogP contribution in [0.1, 0.15) is 47.0 Å². The third-order valence-electron chi connectivity index (χ3n) is 5.10. The summed E-state index contributed by atoms with van der Waals surface area (Å²) in [4.78, 5) is 14.9. The minimum Gasteiger partial charge on any atom is -0.337 e. The van der Waals surface area contributed by atoms with Crippen molar-refractivity contribution in [3.8, 4) is 11.4 Å². The molecule has 0 radical (unpaired) electrons. The summed E-state index contributed by atoms with van der Waals surface area (Å²) in [6.45, 7) is 9.53. The lowest BCUT2D eigenvalue weighted by atomic mass is 9.98. The van der Waals surface area contributed by atoms with E-state index in [0.717, 1.165) is 35.9 Å². The van der Waals surface area contributed by atoms with E-state index in [1.54, 1.807) is 0 Å². The third-order valence-corrected chi connectivity index (χ3v) is 6.05. The average molecular weight is 387 g/mol. The van der Waals surface area contributed by atoms with Crippen LogP contribution in [0, 0.1) is 5.92 Å². The fraction of sp³-hybridized carbons (Fsp3) is 0.571. The molecule has 1 aliphatic rings. The maximum Gasteiger partial charge on any atom is 0.233 e. The monoisotopic (exact) mass is 386 g/mol. The Kier molecular flexibility index (Phi) is 6.58. The number of rotatable bonds is 6. The van der Waals surface area contributed by atoms with Crippen LogP contribution in [-0.4, -0.2) is 43.4 Å². The molecule has 0 bridgehead atoms. The second-order valence-electron chi connectivity index (χ2n) is 7.90. The van der Waals surface area contributed by atoms with E-state index in [4.69, 9.17) is 0 Å². The molecule has 1 aromatic carbocycles. The maximum atomic E-state index is 12.9. The van der Waals surface area contributed by atoms with Crippen molar-refractivity contribution in [3.63, 3.8) is 0 Å². The van der Waals surface area contributed by atoms with Gasteiger partial charge in [0.1, 0.15) is 0 Å². The van der Waals surface area contributed by atoms with Gasteiger partial charge in [0, 0.05) is 24.2 Å². The highest BCUT2D eigenvalue weighted by Gasteiger charge is 2.29. The largest absolute Gasteiger partial charge is 0.337 e. The zero-order valence-electron chi connectivity index (χ0n) is 16.8. The van der Waals surface area contributed by atoms with Crippen molar-refractivity contribution >= 4 is 17.7 Å². The first-order valence-corrected chi connectivity index (χ1v) is 10.9. The molecule has 2 atom stereocenters. The Balaban J connectivity index is 1.76. The van der Waals surface area contributed by atoms with Crippen LogP contribution >= 0.6 is 11.8 Å². The summed E-state index contributed by atoms with van der Waals surface area (Å²) in [5, 5.41) is 9.66. The molecule has 1 aromatic heterocycles. The number of amides is 1. The van der Waals surface area contributed by atoms with Gasteiger partial charge in [-0.2, -0.15) is 0 Å². The van der Waals surface area contributed by atoms with E-state index >= 15 is 0 Å². The Morgan fingerprint density at radius 2 is 1.81 bits per heavy atom. The number of thioether (sulfide) groups is 1. The van der Waals surface area contributed by atoms with Crippen molar-refractivity contribution in [3.05, 3.63) is 30.3 Å². The van der Waals surface area contributed by atoms with Gasteiger partial charge in [-0.1, -0.05) is 55.9 Å². The number of aromatic nitrogens is 3. The number of benzene rings is 1. The summed E-state index contributed by atoms with van der Waals surface area (Å²) in [6.07, 6.45) is 3.41. The highest BCUT2D eigenvalue weighted by atomic mass is 32.2. The number of hydrogen-bond donors (Lipinski definition) is 0. The van der Waals surface area contributed by atoms with Crippen LogP contribution in [0.4, 0.5) is 0 Å². The minimum atomic E-state index is 0.208. The van der Waals surface area contributed by atoms with Gasteiger partial charge in [-0.3, -0.25) is 4.79 Å². The van der Waals surface area contributed by atoms with Gasteiger partial charge >= 0.3 is 0 Å². The number of nitrogens with zero attached hydrogens (tertiary/aromatic N) is 4. The normalized spacial score (nSPS) is 20.3. The van der Waals surface area contributed by atoms with Crippen LogP contribution in [0.15, 0.2) is 35.5 Å². The standard InChI is InChI=1S/C21H30N4OS/c1-15(2)13-24-20(18-11-6-5-7-12-18)22-23-21(24)27-14-19(26)25-16(3)9-8-10-17(25)4/h5-7,11-12,15-17H,8-10,13-14H2,1-4H3/t16-,17+. The molecule has 0 unspecified atom stereocenters. The van der Waals surface area contributed by atoms with Gasteiger partial charge in [0.15, 0.2) is 11.0 Å². The molecule has 2 heterocycles. The first-order valence-electron chi connectivity index (χ1n) is 9.90. The fourth-order valence-electron chi connectivity index (χ4n) is 3.84. The van der Waals surface area contributed by atoms with E-state index in [9.17, 15) is 4.79 Å². The van der Waals surface area contributed by atoms with Crippen molar-refractivity contribution in [2.24, 2.45) is 5.92 Å². The van der Waals surface area contributed by atoms with E-state index < -0.39 is 0 Å². The Labute approximate surface area is 166 Å². The van der Waals surface area contributed by atoms with Gasteiger partial charge in [-0.15, -0.1) is 10.2 Å². The van der Waals surface area contributed by atoms with E-state index in [0.29, 0.717) is 23.8 Å². The molecule has 1 aliphatic heterocycles. The molecule has 2 aromatic rings. The summed E-state index contributed by atoms with van der Waals surface area (Å²) in [6, 6.07) is 10.8. The van der Waals surface area contributed by atoms with Crippen molar-refractivity contribution in [2.75, 3.05) is 5.75 Å². The molecule has 27 heavy (non-hydrogen) atoms. The highest BCUT2D eigenvalue weighted by molar-refractivity contribution is 7.99. The molecule has 5 nitrogen and oxygen atoms in total. The molecule has 3 rings (SSSR count). The van der Waals surface area contributed by atoms with E-state index in [1.807, 2.05) is 18.2 Å². The number of piperidine rings is 1. The Hall–Kier alpha value is -1.82. The van der Waals surface area contributed by atoms with Gasteiger partial charge in [-0.25, -0.2) is 0 Å². The Bertz CT molecular complexity index is 749. The molecule has 6 heteroatoms. The highest BCUT2D eigenvalue weighted by Crippen LogP contribution is 2.27. The van der Waals surface area contributed by atoms with Crippen LogP contribution in [0.3, 0.4) is 0 Å². The maximum absolute atomic E-state index is 12.9. The van der Waals surface area contributed by atoms with Crippen LogP contribution < -0.4 is 0 Å². The molecule has 1 fully saturated rings. The lowest BCUT2D eigenvalue weighted by Crippen LogP contribution is -2.48. The topological polar surface area (TPSA) is 51.0 Å². The Morgan fingerprint density at radius 1 is 1.15 bits per heavy atom. The molecule has 1 saturated heterocycles. The molecule has 0 aliphatic carbocycles. The average Bonchev–Trinajstić information content (AvgIpc) is 3.02. The van der Waals surface area contributed by atoms with Gasteiger partial charge in [0.05, 0.1) is 5.75 Å². The zero-order chi connectivity index (χ0) is 19.4. The predicted molar refractivity (Wildman–Crippen MR) is 111 cm³/mol. The lowest BCUT2D eigenvalue weighted by Gasteiger charge is -2.39. The third kappa shape index (κ3) is 4.72. The van der Waals surface area contributed by atoms with E-state index in [-0.39, 0.29) is 5.91 Å². The summed E-state index contributed by atoms with van der Waals surface area (Å²) in [5.74, 6) is 1.97. The van der Waals surface area contributed by atoms with Crippen molar-refractivity contribution < 1.29 is 4.79 Å². The lowest BCUT2D eigenvalue weighted by molar-refractivity contribution is -0.134. The summed E-state index contributed by atoms with van der Waals surface area (Å²) in [5.41, 5.74) is 1.06. The quantitative estimate of drug-likeness (QED) is 0.687. The molecule has 1 amide bonds. The summed E-state index contributed by atoms with van der Waals surface area (Å²) in [7, 11) is 0. The molecular formula is C21H30N4OS. The first kappa shape index (κ1) is 19.9.